The Kier molecular flexibility index (Phi) is 1.70. The molecule has 0 nitrogen and oxygen atoms in total. The third-order valence-corrected chi connectivity index (χ3v) is 0. The van der Waals surface area contributed by atoms with Crippen LogP contribution in [0.3, 0.4) is 0 Å². The fourth-order valence-electron chi connectivity index (χ4n) is 0. The Balaban J connectivity index is 3.02. The van der Waals surface area contributed by atoms with Crippen LogP contribution in [0.5, 0.6) is 0 Å². The first-order valence-electron chi connectivity index (χ1n) is 1.85. The van der Waals surface area contributed by atoms with Crippen molar-refractivity contribution in [2.45, 2.75) is 24.3 Å². The normalized spacial score (nSPS) is 12.2. The molecule has 0 fully saturated rings. The summed E-state index contributed by atoms with van der Waals surface area (Å²) in [5, 5.41) is 0. The van der Waals surface area contributed by atoms with E-state index >= 15 is 0 Å². The van der Waals surface area contributed by atoms with Gasteiger partial charge in [0, 0.05) is 0 Å². The number of hydrogen-bond acceptors (Lipinski definition) is 0. The van der Waals surface area contributed by atoms with E-state index in [4.69, 9.17) is 0 Å². The summed E-state index contributed by atoms with van der Waals surface area (Å²) in [7, 11) is 0. The van der Waals surface area contributed by atoms with Gasteiger partial charge in [-0.05, 0) is 0 Å². The van der Waals surface area contributed by atoms with Crippen molar-refractivity contribution in [3.8, 4) is 0 Å². The van der Waals surface area contributed by atoms with E-state index in [1.54, 1.807) is 0 Å². The van der Waals surface area contributed by atoms with E-state index in [2.05, 4.69) is 20.8 Å². The van der Waals surface area contributed by atoms with Crippen molar-refractivity contribution >= 4 is 21.7 Å². The molecular weight excluding hydrogens is 72.3 g/mol. The molecule has 0 aliphatic rings. The Hall–Kier alpha value is 0.766. The van der Waals surface area contributed by atoms with Gasteiger partial charge in [0.05, 0.1) is 0 Å². The van der Waals surface area contributed by atoms with Crippen molar-refractivity contribution in [3.05, 3.63) is 0 Å². The molecule has 0 radical (unpaired) electrons. The fourth-order valence-corrected chi connectivity index (χ4v) is 0. The third-order valence-electron chi connectivity index (χ3n) is 0. The van der Waals surface area contributed by atoms with E-state index in [0.717, 1.165) is 0 Å². The summed E-state index contributed by atoms with van der Waals surface area (Å²) in [5.74, 6) is 0. The van der Waals surface area contributed by atoms with Gasteiger partial charge >= 0.3 is 46.0 Å². The molecule has 0 aromatic carbocycles. The zero-order chi connectivity index (χ0) is 4.50. The SMILES string of the molecule is C[C](C)(C)[Mg+]. The standard InChI is InChI=1S/C4H9.Mg/c1-4(2)3;/h1-3H3;/q;+1. The van der Waals surface area contributed by atoms with Crippen LogP contribution in [-0.2, 0) is 0 Å². The van der Waals surface area contributed by atoms with Crippen LogP contribution in [0.2, 0.25) is 3.54 Å². The van der Waals surface area contributed by atoms with E-state index in [0.29, 0.717) is 3.54 Å². The summed E-state index contributed by atoms with van der Waals surface area (Å²) in [6.45, 7) is 6.60. The first-order chi connectivity index (χ1) is 2.00. The van der Waals surface area contributed by atoms with Crippen LogP contribution in [0.25, 0.3) is 0 Å². The molecular formula is C4H9Mg+. The molecule has 0 aromatic heterocycles. The van der Waals surface area contributed by atoms with Crippen molar-refractivity contribution in [2.75, 3.05) is 0 Å². The molecule has 0 atom stereocenters. The fraction of sp³-hybridized carbons (Fsp3) is 1.00. The topological polar surface area (TPSA) is 0 Å². The molecule has 0 saturated heterocycles. The van der Waals surface area contributed by atoms with Crippen LogP contribution >= 0.6 is 0 Å². The molecule has 0 N–H and O–H groups in total. The summed E-state index contributed by atoms with van der Waals surface area (Å²) in [6.07, 6.45) is 0. The van der Waals surface area contributed by atoms with Crippen LogP contribution in [0.1, 0.15) is 20.8 Å². The monoisotopic (exact) mass is 81.1 g/mol. The molecule has 0 aliphatic heterocycles. The van der Waals surface area contributed by atoms with E-state index in [1.165, 1.54) is 0 Å². The van der Waals surface area contributed by atoms with Gasteiger partial charge in [0.15, 0.2) is 0 Å². The molecule has 0 saturated carbocycles. The predicted molar refractivity (Wildman–Crippen MR) is 25.5 cm³/mol. The molecule has 0 spiro atoms. The Bertz CT molecular complexity index is 19.1. The summed E-state index contributed by atoms with van der Waals surface area (Å²) in [5.41, 5.74) is 0. The third kappa shape index (κ3) is 62.1. The van der Waals surface area contributed by atoms with Gasteiger partial charge in [-0.3, -0.25) is 0 Å². The quantitative estimate of drug-likeness (QED) is 0.386. The second kappa shape index (κ2) is 1.48. The van der Waals surface area contributed by atoms with Gasteiger partial charge in [-0.1, -0.05) is 0 Å². The zero-order valence-electron chi connectivity index (χ0n) is 4.21. The van der Waals surface area contributed by atoms with E-state index in [9.17, 15) is 0 Å². The average molecular weight is 81.4 g/mol. The van der Waals surface area contributed by atoms with Gasteiger partial charge in [0.1, 0.15) is 0 Å². The summed E-state index contributed by atoms with van der Waals surface area (Å²) in [6, 6.07) is 0. The van der Waals surface area contributed by atoms with Gasteiger partial charge in [-0.25, -0.2) is 0 Å². The maximum absolute atomic E-state index is 2.20. The molecule has 0 rings (SSSR count). The van der Waals surface area contributed by atoms with E-state index < -0.39 is 0 Å². The van der Waals surface area contributed by atoms with Crippen molar-refractivity contribution in [1.29, 1.82) is 0 Å². The van der Waals surface area contributed by atoms with E-state index in [-0.39, 0.29) is 0 Å². The molecule has 0 unspecified atom stereocenters. The van der Waals surface area contributed by atoms with Crippen molar-refractivity contribution in [3.63, 3.8) is 0 Å². The van der Waals surface area contributed by atoms with Crippen LogP contribution < -0.4 is 0 Å². The molecule has 0 heterocycles. The summed E-state index contributed by atoms with van der Waals surface area (Å²) < 4.78 is 0.528. The van der Waals surface area contributed by atoms with Crippen molar-refractivity contribution in [2.24, 2.45) is 0 Å². The average Bonchev–Trinajstić information content (AvgIpc) is 0.722. The second-order valence-electron chi connectivity index (χ2n) is 2.56. The Morgan fingerprint density at radius 2 is 1.20 bits per heavy atom. The Labute approximate surface area is 46.4 Å². The van der Waals surface area contributed by atoms with Crippen LogP contribution in [-0.4, -0.2) is 21.7 Å². The zero-order valence-corrected chi connectivity index (χ0v) is 5.62. The summed E-state index contributed by atoms with van der Waals surface area (Å²) in [4.78, 5) is 0. The van der Waals surface area contributed by atoms with Gasteiger partial charge in [-0.2, -0.15) is 0 Å². The first kappa shape index (κ1) is 5.77. The molecule has 0 aliphatic carbocycles. The molecule has 26 valence electrons. The summed E-state index contributed by atoms with van der Waals surface area (Å²) >= 11 is 2.01. The van der Waals surface area contributed by atoms with Crippen LogP contribution in [0.4, 0.5) is 0 Å². The minimum atomic E-state index is 0.528. The molecule has 5 heavy (non-hydrogen) atoms. The number of hydrogen-bond donors (Lipinski definition) is 0. The minimum absolute atomic E-state index is 0.528. The first-order valence-corrected chi connectivity index (χ1v) is 2.56. The van der Waals surface area contributed by atoms with Gasteiger partial charge in [0.25, 0.3) is 0 Å². The predicted octanol–water partition coefficient (Wildman–Crippen LogP) is 1.37. The Morgan fingerprint density at radius 3 is 1.20 bits per heavy atom. The molecule has 0 aromatic rings. The second-order valence-corrected chi connectivity index (χ2v) is 4.68. The van der Waals surface area contributed by atoms with Crippen molar-refractivity contribution in [1.82, 2.24) is 0 Å². The van der Waals surface area contributed by atoms with Crippen molar-refractivity contribution < 1.29 is 0 Å². The molecule has 0 amide bonds. The Morgan fingerprint density at radius 1 is 1.20 bits per heavy atom. The van der Waals surface area contributed by atoms with Gasteiger partial charge in [0.2, 0.25) is 0 Å². The van der Waals surface area contributed by atoms with E-state index in [1.807, 2.05) is 21.7 Å². The number of rotatable bonds is 0. The molecule has 1 heteroatoms. The van der Waals surface area contributed by atoms with Crippen LogP contribution in [0.15, 0.2) is 0 Å². The van der Waals surface area contributed by atoms with Crippen LogP contribution in [0, 0.1) is 0 Å². The van der Waals surface area contributed by atoms with Gasteiger partial charge in [-0.15, -0.1) is 0 Å². The molecule has 0 bridgehead atoms. The maximum atomic E-state index is 2.20. The van der Waals surface area contributed by atoms with Gasteiger partial charge < -0.3 is 0 Å².